The van der Waals surface area contributed by atoms with Crippen LogP contribution in [0.5, 0.6) is 0 Å². The molecular weight excluding hydrogens is 202 g/mol. The van der Waals surface area contributed by atoms with E-state index in [4.69, 9.17) is 5.11 Å². The molecule has 0 aliphatic heterocycles. The van der Waals surface area contributed by atoms with Crippen molar-refractivity contribution >= 4 is 5.91 Å². The fourth-order valence-corrected chi connectivity index (χ4v) is 2.15. The van der Waals surface area contributed by atoms with E-state index in [-0.39, 0.29) is 12.5 Å². The van der Waals surface area contributed by atoms with Gasteiger partial charge in [0, 0.05) is 12.1 Å². The molecule has 2 rings (SSSR count). The predicted octanol–water partition coefficient (Wildman–Crippen LogP) is 1.29. The summed E-state index contributed by atoms with van der Waals surface area (Å²) in [6, 6.07) is 5.92. The first-order valence-corrected chi connectivity index (χ1v) is 5.82. The van der Waals surface area contributed by atoms with Crippen molar-refractivity contribution in [1.82, 2.24) is 5.32 Å². The fraction of sp³-hybridized carbons (Fsp3) is 0.462. The Bertz CT molecular complexity index is 388. The van der Waals surface area contributed by atoms with E-state index in [1.54, 1.807) is 0 Å². The predicted molar refractivity (Wildman–Crippen MR) is 62.5 cm³/mol. The number of carbonyl (C=O) groups excluding carboxylic acids is 1. The summed E-state index contributed by atoms with van der Waals surface area (Å²) in [5.41, 5.74) is 3.39. The number of hydrogen-bond donors (Lipinski definition) is 2. The highest BCUT2D eigenvalue weighted by atomic mass is 16.3. The zero-order valence-corrected chi connectivity index (χ0v) is 9.33. The molecule has 0 saturated carbocycles. The van der Waals surface area contributed by atoms with E-state index in [0.29, 0.717) is 12.1 Å². The highest BCUT2D eigenvalue weighted by molar-refractivity contribution is 5.94. The first-order valence-electron chi connectivity index (χ1n) is 5.82. The number of aliphatic hydroxyl groups is 1. The summed E-state index contributed by atoms with van der Waals surface area (Å²) >= 11 is 0. The fourth-order valence-electron chi connectivity index (χ4n) is 2.15. The molecule has 1 aromatic carbocycles. The highest BCUT2D eigenvalue weighted by Crippen LogP contribution is 2.22. The smallest absolute Gasteiger partial charge is 0.251 e. The van der Waals surface area contributed by atoms with Gasteiger partial charge in [0.25, 0.3) is 5.91 Å². The van der Waals surface area contributed by atoms with Crippen molar-refractivity contribution in [3.05, 3.63) is 34.9 Å². The molecule has 1 amide bonds. The summed E-state index contributed by atoms with van der Waals surface area (Å²) in [7, 11) is 0. The molecule has 0 saturated heterocycles. The average Bonchev–Trinajstić information content (AvgIpc) is 2.35. The van der Waals surface area contributed by atoms with Gasteiger partial charge in [-0.2, -0.15) is 0 Å². The molecule has 0 radical (unpaired) electrons. The van der Waals surface area contributed by atoms with Crippen molar-refractivity contribution in [3.63, 3.8) is 0 Å². The van der Waals surface area contributed by atoms with E-state index >= 15 is 0 Å². The molecule has 16 heavy (non-hydrogen) atoms. The third-order valence-electron chi connectivity index (χ3n) is 3.01. The van der Waals surface area contributed by atoms with E-state index in [2.05, 4.69) is 11.4 Å². The largest absolute Gasteiger partial charge is 0.395 e. The second-order valence-electron chi connectivity index (χ2n) is 4.17. The second kappa shape index (κ2) is 5.12. The number of carbonyl (C=O) groups is 1. The van der Waals surface area contributed by atoms with Crippen LogP contribution in [0.25, 0.3) is 0 Å². The van der Waals surface area contributed by atoms with E-state index < -0.39 is 0 Å². The minimum atomic E-state index is -0.0950. The zero-order chi connectivity index (χ0) is 11.4. The maximum absolute atomic E-state index is 11.7. The molecule has 3 heteroatoms. The number of nitrogens with one attached hydrogen (secondary N) is 1. The molecule has 86 valence electrons. The molecule has 0 aromatic heterocycles. The van der Waals surface area contributed by atoms with Crippen LogP contribution in [-0.4, -0.2) is 24.2 Å². The second-order valence-corrected chi connectivity index (χ2v) is 4.17. The number of rotatable bonds is 3. The molecule has 3 nitrogen and oxygen atoms in total. The standard InChI is InChI=1S/C13H17NO2/c15-8-7-14-13(16)12-6-5-10-3-1-2-4-11(10)9-12/h5-6,9,15H,1-4,7-8H2,(H,14,16). The van der Waals surface area contributed by atoms with Gasteiger partial charge in [0.2, 0.25) is 0 Å². The van der Waals surface area contributed by atoms with Gasteiger partial charge in [-0.25, -0.2) is 0 Å². The molecule has 1 aliphatic rings. The van der Waals surface area contributed by atoms with Crippen LogP contribution in [0.3, 0.4) is 0 Å². The Labute approximate surface area is 95.5 Å². The van der Waals surface area contributed by atoms with Crippen LogP contribution in [0.2, 0.25) is 0 Å². The van der Waals surface area contributed by atoms with Gasteiger partial charge in [-0.05, 0) is 48.9 Å². The monoisotopic (exact) mass is 219 g/mol. The molecular formula is C13H17NO2. The van der Waals surface area contributed by atoms with Gasteiger partial charge >= 0.3 is 0 Å². The number of hydrogen-bond acceptors (Lipinski definition) is 2. The van der Waals surface area contributed by atoms with Crippen LogP contribution in [0.4, 0.5) is 0 Å². The molecule has 0 bridgehead atoms. The topological polar surface area (TPSA) is 49.3 Å². The van der Waals surface area contributed by atoms with Gasteiger partial charge in [-0.3, -0.25) is 4.79 Å². The van der Waals surface area contributed by atoms with Crippen molar-refractivity contribution in [2.45, 2.75) is 25.7 Å². The van der Waals surface area contributed by atoms with Crippen molar-refractivity contribution in [2.24, 2.45) is 0 Å². The molecule has 1 aromatic rings. The van der Waals surface area contributed by atoms with Crippen LogP contribution in [0.1, 0.15) is 34.3 Å². The van der Waals surface area contributed by atoms with Gasteiger partial charge in [-0.15, -0.1) is 0 Å². The maximum atomic E-state index is 11.7. The van der Waals surface area contributed by atoms with Gasteiger partial charge in [0.05, 0.1) is 6.61 Å². The normalized spacial score (nSPS) is 14.3. The molecule has 0 fully saturated rings. The lowest BCUT2D eigenvalue weighted by Gasteiger charge is -2.16. The molecule has 1 aliphatic carbocycles. The first-order chi connectivity index (χ1) is 7.81. The van der Waals surface area contributed by atoms with E-state index in [1.807, 2.05) is 12.1 Å². The average molecular weight is 219 g/mol. The first kappa shape index (κ1) is 11.1. The summed E-state index contributed by atoms with van der Waals surface area (Å²) in [6.45, 7) is 0.298. The minimum absolute atomic E-state index is 0.0172. The third kappa shape index (κ3) is 2.42. The Balaban J connectivity index is 2.13. The van der Waals surface area contributed by atoms with Crippen LogP contribution in [-0.2, 0) is 12.8 Å². The highest BCUT2D eigenvalue weighted by Gasteiger charge is 2.12. The Morgan fingerprint density at radius 2 is 2.00 bits per heavy atom. The SMILES string of the molecule is O=C(NCCO)c1ccc2c(c1)CCCC2. The van der Waals surface area contributed by atoms with Crippen molar-refractivity contribution in [1.29, 1.82) is 0 Å². The Kier molecular flexibility index (Phi) is 3.57. The van der Waals surface area contributed by atoms with E-state index in [1.165, 1.54) is 24.0 Å². The number of benzene rings is 1. The zero-order valence-electron chi connectivity index (χ0n) is 9.33. The van der Waals surface area contributed by atoms with E-state index in [9.17, 15) is 4.79 Å². The van der Waals surface area contributed by atoms with Crippen molar-refractivity contribution in [2.75, 3.05) is 13.2 Å². The Morgan fingerprint density at radius 1 is 1.25 bits per heavy atom. The molecule has 2 N–H and O–H groups in total. The minimum Gasteiger partial charge on any atom is -0.395 e. The van der Waals surface area contributed by atoms with Crippen molar-refractivity contribution < 1.29 is 9.90 Å². The lowest BCUT2D eigenvalue weighted by atomic mass is 9.90. The van der Waals surface area contributed by atoms with Gasteiger partial charge < -0.3 is 10.4 Å². The summed E-state index contributed by atoms with van der Waals surface area (Å²) in [6.07, 6.45) is 4.68. The molecule has 0 spiro atoms. The number of fused-ring (bicyclic) bond motifs is 1. The number of aliphatic hydroxyl groups excluding tert-OH is 1. The van der Waals surface area contributed by atoms with Gasteiger partial charge in [0.15, 0.2) is 0 Å². The maximum Gasteiger partial charge on any atom is 0.251 e. The summed E-state index contributed by atoms with van der Waals surface area (Å²) in [5.74, 6) is -0.0950. The van der Waals surface area contributed by atoms with Crippen LogP contribution >= 0.6 is 0 Å². The lowest BCUT2D eigenvalue weighted by molar-refractivity contribution is 0.0944. The summed E-state index contributed by atoms with van der Waals surface area (Å²) < 4.78 is 0. The lowest BCUT2D eigenvalue weighted by Crippen LogP contribution is -2.26. The van der Waals surface area contributed by atoms with Gasteiger partial charge in [-0.1, -0.05) is 6.07 Å². The van der Waals surface area contributed by atoms with E-state index in [0.717, 1.165) is 12.8 Å². The molecule has 0 atom stereocenters. The Hall–Kier alpha value is -1.35. The summed E-state index contributed by atoms with van der Waals surface area (Å²) in [5, 5.41) is 11.3. The molecule has 0 unspecified atom stereocenters. The Morgan fingerprint density at radius 3 is 2.75 bits per heavy atom. The third-order valence-corrected chi connectivity index (χ3v) is 3.01. The van der Waals surface area contributed by atoms with Gasteiger partial charge in [0.1, 0.15) is 0 Å². The van der Waals surface area contributed by atoms with Crippen LogP contribution in [0.15, 0.2) is 18.2 Å². The quantitative estimate of drug-likeness (QED) is 0.804. The number of amides is 1. The summed E-state index contributed by atoms with van der Waals surface area (Å²) in [4.78, 5) is 11.7. The van der Waals surface area contributed by atoms with Crippen molar-refractivity contribution in [3.8, 4) is 0 Å². The van der Waals surface area contributed by atoms with Crippen LogP contribution in [0, 0.1) is 0 Å². The van der Waals surface area contributed by atoms with Crippen LogP contribution < -0.4 is 5.32 Å². The molecule has 0 heterocycles. The number of aryl methyl sites for hydroxylation is 2.